The summed E-state index contributed by atoms with van der Waals surface area (Å²) in [5, 5.41) is 5.04. The largest absolute Gasteiger partial charge is 0.367 e. The van der Waals surface area contributed by atoms with Crippen LogP contribution in [0.1, 0.15) is 12.8 Å². The van der Waals surface area contributed by atoms with Gasteiger partial charge in [-0.15, -0.1) is 0 Å². The summed E-state index contributed by atoms with van der Waals surface area (Å²) >= 11 is 5.99. The molecule has 1 aliphatic rings. The number of nitrogens with two attached hydrogens (primary N) is 1. The fourth-order valence-electron chi connectivity index (χ4n) is 2.12. The van der Waals surface area contributed by atoms with E-state index in [1.165, 1.54) is 0 Å². The Balaban J connectivity index is 1.95. The number of anilines is 1. The molecular formula is C12H13ClN4. The first-order valence-electron chi connectivity index (χ1n) is 5.65. The molecule has 4 nitrogen and oxygen atoms in total. The van der Waals surface area contributed by atoms with Crippen LogP contribution in [0.2, 0.25) is 5.02 Å². The van der Waals surface area contributed by atoms with Gasteiger partial charge in [-0.25, -0.2) is 9.97 Å². The van der Waals surface area contributed by atoms with Crippen molar-refractivity contribution in [2.24, 2.45) is 5.73 Å². The Morgan fingerprint density at radius 1 is 1.29 bits per heavy atom. The number of hydrogen-bond acceptors (Lipinski definition) is 4. The van der Waals surface area contributed by atoms with Crippen LogP contribution in [-0.4, -0.2) is 22.1 Å². The van der Waals surface area contributed by atoms with Crippen molar-refractivity contribution in [1.82, 2.24) is 9.97 Å². The summed E-state index contributed by atoms with van der Waals surface area (Å²) in [5.74, 6) is 0.842. The number of aromatic nitrogens is 2. The topological polar surface area (TPSA) is 63.8 Å². The molecule has 2 aromatic rings. The monoisotopic (exact) mass is 248 g/mol. The molecule has 1 aromatic carbocycles. The van der Waals surface area contributed by atoms with Gasteiger partial charge in [0.2, 0.25) is 0 Å². The van der Waals surface area contributed by atoms with Crippen molar-refractivity contribution >= 4 is 28.3 Å². The molecule has 0 radical (unpaired) electrons. The zero-order chi connectivity index (χ0) is 11.8. The molecule has 0 aliphatic heterocycles. The summed E-state index contributed by atoms with van der Waals surface area (Å²) in [6, 6.07) is 6.36. The molecule has 1 saturated carbocycles. The number of hydrogen-bond donors (Lipinski definition) is 2. The van der Waals surface area contributed by atoms with Crippen LogP contribution in [0.15, 0.2) is 24.5 Å². The molecule has 0 saturated heterocycles. The molecule has 88 valence electrons. The van der Waals surface area contributed by atoms with Crippen molar-refractivity contribution in [1.29, 1.82) is 0 Å². The van der Waals surface area contributed by atoms with Gasteiger partial charge in [-0.1, -0.05) is 11.6 Å². The van der Waals surface area contributed by atoms with Gasteiger partial charge in [-0.2, -0.15) is 0 Å². The van der Waals surface area contributed by atoms with Gasteiger partial charge in [-0.3, -0.25) is 0 Å². The van der Waals surface area contributed by atoms with Gasteiger partial charge < -0.3 is 11.1 Å². The number of nitrogens with zero attached hydrogens (tertiary/aromatic N) is 2. The van der Waals surface area contributed by atoms with Crippen molar-refractivity contribution in [3.63, 3.8) is 0 Å². The predicted octanol–water partition coefficient (Wildman–Crippen LogP) is 2.18. The highest BCUT2D eigenvalue weighted by atomic mass is 35.5. The van der Waals surface area contributed by atoms with E-state index in [2.05, 4.69) is 15.3 Å². The summed E-state index contributed by atoms with van der Waals surface area (Å²) in [5.41, 5.74) is 6.66. The maximum absolute atomic E-state index is 5.99. The molecule has 5 heteroatoms. The molecule has 3 N–H and O–H groups in total. The van der Waals surface area contributed by atoms with E-state index in [0.717, 1.165) is 29.6 Å². The van der Waals surface area contributed by atoms with Crippen molar-refractivity contribution in [3.8, 4) is 0 Å². The Bertz CT molecular complexity index is 551. The lowest BCUT2D eigenvalue weighted by Crippen LogP contribution is -2.44. The van der Waals surface area contributed by atoms with Gasteiger partial charge in [0.25, 0.3) is 0 Å². The van der Waals surface area contributed by atoms with Gasteiger partial charge in [0.15, 0.2) is 0 Å². The Morgan fingerprint density at radius 3 is 2.88 bits per heavy atom. The Hall–Kier alpha value is -1.39. The number of fused-ring (bicyclic) bond motifs is 1. The second kappa shape index (κ2) is 4.13. The maximum Gasteiger partial charge on any atom is 0.137 e. The third kappa shape index (κ3) is 2.06. The smallest absolute Gasteiger partial charge is 0.137 e. The minimum absolute atomic E-state index is 0.323. The summed E-state index contributed by atoms with van der Waals surface area (Å²) in [4.78, 5) is 8.49. The summed E-state index contributed by atoms with van der Waals surface area (Å²) in [6.07, 6.45) is 3.55. The van der Waals surface area contributed by atoms with E-state index in [0.29, 0.717) is 17.1 Å². The minimum Gasteiger partial charge on any atom is -0.367 e. The van der Waals surface area contributed by atoms with Crippen LogP contribution in [0.5, 0.6) is 0 Å². The van der Waals surface area contributed by atoms with Gasteiger partial charge in [0.05, 0.1) is 5.52 Å². The highest BCUT2D eigenvalue weighted by Crippen LogP contribution is 2.27. The number of rotatable bonds is 2. The molecule has 17 heavy (non-hydrogen) atoms. The van der Waals surface area contributed by atoms with E-state index < -0.39 is 0 Å². The molecule has 0 amide bonds. The van der Waals surface area contributed by atoms with E-state index in [4.69, 9.17) is 17.3 Å². The SMILES string of the molecule is NC1CC(Nc2ncnc3ccc(Cl)cc23)C1. The zero-order valence-corrected chi connectivity index (χ0v) is 9.98. The molecule has 1 aliphatic carbocycles. The molecular weight excluding hydrogens is 236 g/mol. The van der Waals surface area contributed by atoms with Crippen molar-refractivity contribution in [3.05, 3.63) is 29.5 Å². The Labute approximate surface area is 104 Å². The molecule has 1 heterocycles. The first-order chi connectivity index (χ1) is 8.22. The van der Waals surface area contributed by atoms with Crippen molar-refractivity contribution < 1.29 is 0 Å². The van der Waals surface area contributed by atoms with Crippen LogP contribution in [0.25, 0.3) is 10.9 Å². The van der Waals surface area contributed by atoms with Crippen LogP contribution >= 0.6 is 11.6 Å². The molecule has 0 spiro atoms. The number of nitrogens with one attached hydrogen (secondary N) is 1. The fourth-order valence-corrected chi connectivity index (χ4v) is 2.29. The first kappa shape index (κ1) is 10.7. The number of benzene rings is 1. The lowest BCUT2D eigenvalue weighted by atomic mass is 9.87. The van der Waals surface area contributed by atoms with E-state index in [-0.39, 0.29) is 0 Å². The number of halogens is 1. The highest BCUT2D eigenvalue weighted by Gasteiger charge is 2.26. The van der Waals surface area contributed by atoms with Crippen LogP contribution < -0.4 is 11.1 Å². The molecule has 1 aromatic heterocycles. The van der Waals surface area contributed by atoms with Crippen LogP contribution in [0.4, 0.5) is 5.82 Å². The molecule has 1 fully saturated rings. The van der Waals surface area contributed by atoms with Crippen molar-refractivity contribution in [2.45, 2.75) is 24.9 Å². The molecule has 3 rings (SSSR count). The quantitative estimate of drug-likeness (QED) is 0.855. The Morgan fingerprint density at radius 2 is 2.12 bits per heavy atom. The third-order valence-electron chi connectivity index (χ3n) is 3.11. The summed E-state index contributed by atoms with van der Waals surface area (Å²) in [7, 11) is 0. The predicted molar refractivity (Wildman–Crippen MR) is 69.2 cm³/mol. The summed E-state index contributed by atoms with van der Waals surface area (Å²) in [6.45, 7) is 0. The van der Waals surface area contributed by atoms with Gasteiger partial charge in [0, 0.05) is 22.5 Å². The maximum atomic E-state index is 5.99. The van der Waals surface area contributed by atoms with Crippen LogP contribution in [-0.2, 0) is 0 Å². The second-order valence-corrected chi connectivity index (χ2v) is 4.89. The zero-order valence-electron chi connectivity index (χ0n) is 9.23. The van der Waals surface area contributed by atoms with E-state index in [1.807, 2.05) is 18.2 Å². The molecule has 0 atom stereocenters. The van der Waals surface area contributed by atoms with E-state index in [9.17, 15) is 0 Å². The first-order valence-corrected chi connectivity index (χ1v) is 6.02. The minimum atomic E-state index is 0.323. The Kier molecular flexibility index (Phi) is 2.61. The van der Waals surface area contributed by atoms with Gasteiger partial charge in [0.1, 0.15) is 12.1 Å². The fraction of sp³-hybridized carbons (Fsp3) is 0.333. The van der Waals surface area contributed by atoms with Gasteiger partial charge >= 0.3 is 0 Å². The van der Waals surface area contributed by atoms with Crippen molar-refractivity contribution in [2.75, 3.05) is 5.32 Å². The standard InChI is InChI=1S/C12H13ClN4/c13-7-1-2-11-10(3-7)12(16-6-15-11)17-9-4-8(14)5-9/h1-3,6,8-9H,4-5,14H2,(H,15,16,17). The van der Waals surface area contributed by atoms with E-state index in [1.54, 1.807) is 6.33 Å². The lowest BCUT2D eigenvalue weighted by Gasteiger charge is -2.33. The second-order valence-electron chi connectivity index (χ2n) is 4.46. The van der Waals surface area contributed by atoms with Crippen LogP contribution in [0, 0.1) is 0 Å². The van der Waals surface area contributed by atoms with E-state index >= 15 is 0 Å². The molecule has 0 bridgehead atoms. The van der Waals surface area contributed by atoms with Gasteiger partial charge in [-0.05, 0) is 31.0 Å². The summed E-state index contributed by atoms with van der Waals surface area (Å²) < 4.78 is 0. The average Bonchev–Trinajstić information content (AvgIpc) is 2.28. The normalized spacial score (nSPS) is 23.4. The lowest BCUT2D eigenvalue weighted by molar-refractivity contribution is 0.373. The van der Waals surface area contributed by atoms with Crippen LogP contribution in [0.3, 0.4) is 0 Å². The highest BCUT2D eigenvalue weighted by molar-refractivity contribution is 6.31. The average molecular weight is 249 g/mol. The molecule has 0 unspecified atom stereocenters. The third-order valence-corrected chi connectivity index (χ3v) is 3.35.